The third-order valence-electron chi connectivity index (χ3n) is 3.19. The van der Waals surface area contributed by atoms with E-state index in [0.717, 1.165) is 0 Å². The van der Waals surface area contributed by atoms with Gasteiger partial charge >= 0.3 is 18.8 Å². The maximum atomic E-state index is 12.3. The van der Waals surface area contributed by atoms with Crippen LogP contribution in [-0.4, -0.2) is 25.1 Å². The molecule has 0 aliphatic heterocycles. The van der Waals surface area contributed by atoms with Gasteiger partial charge < -0.3 is 14.0 Å². The molecule has 1 unspecified atom stereocenters. The Balaban J connectivity index is 1.93. The van der Waals surface area contributed by atoms with Crippen molar-refractivity contribution in [3.63, 3.8) is 0 Å². The van der Waals surface area contributed by atoms with E-state index >= 15 is 0 Å². The Bertz CT molecular complexity index is 812. The number of carbonyl (C=O) groups excluding carboxylic acids is 2. The normalized spacial score (nSPS) is 14.0. The molecule has 2 aromatic rings. The Morgan fingerprint density at radius 2 is 1.62 bits per heavy atom. The monoisotopic (exact) mass is 397 g/mol. The molecule has 2 aromatic carbocycles. The molecule has 138 valence electrons. The second-order valence-corrected chi connectivity index (χ2v) is 7.91. The molecule has 0 saturated carbocycles. The zero-order chi connectivity index (χ0) is 19.2. The van der Waals surface area contributed by atoms with Crippen LogP contribution in [-0.2, 0) is 14.1 Å². The largest absolute Gasteiger partial charge is 0.497 e. The fourth-order valence-corrected chi connectivity index (χ4v) is 3.59. The Morgan fingerprint density at radius 3 is 2.19 bits per heavy atom. The summed E-state index contributed by atoms with van der Waals surface area (Å²) in [5.41, 5.74) is 0.219. The highest BCUT2D eigenvalue weighted by Gasteiger charge is 2.29. The second-order valence-electron chi connectivity index (χ2n) is 5.17. The molecule has 0 spiro atoms. The second kappa shape index (κ2) is 8.85. The van der Waals surface area contributed by atoms with Crippen LogP contribution in [0, 0.1) is 0 Å². The van der Waals surface area contributed by atoms with E-state index in [-0.39, 0.29) is 11.3 Å². The Labute approximate surface area is 155 Å². The number of ether oxygens (including phenoxy) is 2. The average Bonchev–Trinajstić information content (AvgIpc) is 2.62. The highest BCUT2D eigenvalue weighted by atomic mass is 35.7. The van der Waals surface area contributed by atoms with Gasteiger partial charge in [0.05, 0.1) is 12.7 Å². The third-order valence-corrected chi connectivity index (χ3v) is 4.83. The number of carbonyl (C=O) groups is 2. The summed E-state index contributed by atoms with van der Waals surface area (Å²) in [6.45, 7) is -2.54. The van der Waals surface area contributed by atoms with Gasteiger partial charge in [0.25, 0.3) is 0 Å². The van der Waals surface area contributed by atoms with E-state index < -0.39 is 24.9 Å². The number of halogens is 1. The van der Waals surface area contributed by atoms with Crippen molar-refractivity contribution in [1.82, 2.24) is 5.09 Å². The lowest BCUT2D eigenvalue weighted by Crippen LogP contribution is -2.34. The van der Waals surface area contributed by atoms with Gasteiger partial charge in [0.1, 0.15) is 17.5 Å². The summed E-state index contributed by atoms with van der Waals surface area (Å²) in [5.74, 6) is -0.938. The highest BCUT2D eigenvalue weighted by molar-refractivity contribution is 7.84. The predicted octanol–water partition coefficient (Wildman–Crippen LogP) is 3.78. The maximum absolute atomic E-state index is 12.3. The van der Waals surface area contributed by atoms with Crippen LogP contribution in [0.2, 0.25) is 0 Å². The SMILES string of the molecule is COc1ccc(OP(=O)(Cl)N[C@@H](C)C(=O)OC(=O)c2ccccc2)cc1. The minimum Gasteiger partial charge on any atom is -0.497 e. The van der Waals surface area contributed by atoms with Crippen molar-refractivity contribution in [3.8, 4) is 11.5 Å². The lowest BCUT2D eigenvalue weighted by atomic mass is 10.2. The number of hydrogen-bond donors (Lipinski definition) is 1. The molecule has 2 atom stereocenters. The Morgan fingerprint density at radius 1 is 1.04 bits per heavy atom. The number of nitrogens with one attached hydrogen (secondary N) is 1. The molecule has 0 bridgehead atoms. The number of hydrogen-bond acceptors (Lipinski definition) is 6. The summed E-state index contributed by atoms with van der Waals surface area (Å²) >= 11 is 5.84. The third kappa shape index (κ3) is 5.88. The molecule has 26 heavy (non-hydrogen) atoms. The molecular weight excluding hydrogens is 381 g/mol. The van der Waals surface area contributed by atoms with Gasteiger partial charge in [0, 0.05) is 11.2 Å². The van der Waals surface area contributed by atoms with Crippen LogP contribution in [0.1, 0.15) is 17.3 Å². The first-order valence-corrected chi connectivity index (χ1v) is 10.1. The summed E-state index contributed by atoms with van der Waals surface area (Å²) in [7, 11) is 1.51. The van der Waals surface area contributed by atoms with Gasteiger partial charge in [-0.1, -0.05) is 18.2 Å². The number of esters is 2. The van der Waals surface area contributed by atoms with Crippen LogP contribution in [0.25, 0.3) is 0 Å². The van der Waals surface area contributed by atoms with Crippen molar-refractivity contribution in [3.05, 3.63) is 60.2 Å². The molecule has 0 radical (unpaired) electrons. The first kappa shape index (κ1) is 20.0. The van der Waals surface area contributed by atoms with Crippen molar-refractivity contribution in [2.45, 2.75) is 13.0 Å². The minimum atomic E-state index is -3.89. The molecule has 0 aliphatic carbocycles. The fourth-order valence-electron chi connectivity index (χ4n) is 1.90. The van der Waals surface area contributed by atoms with E-state index in [1.54, 1.807) is 30.3 Å². The molecule has 9 heteroatoms. The first-order valence-electron chi connectivity index (χ1n) is 7.53. The molecule has 0 fully saturated rings. The van der Waals surface area contributed by atoms with Gasteiger partial charge in [-0.2, -0.15) is 0 Å². The van der Waals surface area contributed by atoms with Crippen molar-refractivity contribution >= 4 is 30.1 Å². The van der Waals surface area contributed by atoms with E-state index in [4.69, 9.17) is 25.2 Å². The maximum Gasteiger partial charge on any atom is 0.409 e. The molecular formula is C17H17ClNO6P. The summed E-state index contributed by atoms with van der Waals surface area (Å²) in [5, 5.41) is 2.33. The molecule has 1 N–H and O–H groups in total. The highest BCUT2D eigenvalue weighted by Crippen LogP contribution is 2.48. The van der Waals surface area contributed by atoms with Gasteiger partial charge in [-0.3, -0.25) is 0 Å². The minimum absolute atomic E-state index is 0.219. The predicted molar refractivity (Wildman–Crippen MR) is 96.5 cm³/mol. The van der Waals surface area contributed by atoms with Crippen LogP contribution in [0.4, 0.5) is 0 Å². The molecule has 2 rings (SSSR count). The van der Waals surface area contributed by atoms with Crippen molar-refractivity contribution in [1.29, 1.82) is 0 Å². The van der Waals surface area contributed by atoms with E-state index in [1.165, 1.54) is 38.3 Å². The van der Waals surface area contributed by atoms with Gasteiger partial charge in [-0.25, -0.2) is 19.2 Å². The molecule has 0 aliphatic rings. The zero-order valence-electron chi connectivity index (χ0n) is 14.0. The lowest BCUT2D eigenvalue weighted by molar-refractivity contribution is -0.139. The standard InChI is InChI=1S/C17H17ClNO6P/c1-12(16(20)24-17(21)13-6-4-3-5-7-13)19-26(18,22)25-15-10-8-14(23-2)9-11-15/h3-12H,1-2H3,(H,19,22)/t12-,26?/m0/s1. The first-order chi connectivity index (χ1) is 12.3. The lowest BCUT2D eigenvalue weighted by Gasteiger charge is -2.18. The van der Waals surface area contributed by atoms with Crippen LogP contribution in [0.5, 0.6) is 11.5 Å². The summed E-state index contributed by atoms with van der Waals surface area (Å²) in [6.07, 6.45) is 0. The molecule has 7 nitrogen and oxygen atoms in total. The van der Waals surface area contributed by atoms with Crippen LogP contribution < -0.4 is 14.3 Å². The van der Waals surface area contributed by atoms with Crippen molar-refractivity contribution < 1.29 is 28.2 Å². The summed E-state index contributed by atoms with van der Waals surface area (Å²) in [6, 6.07) is 13.1. The fraction of sp³-hybridized carbons (Fsp3) is 0.176. The Kier molecular flexibility index (Phi) is 6.80. The van der Waals surface area contributed by atoms with Crippen LogP contribution >= 0.6 is 18.1 Å². The van der Waals surface area contributed by atoms with Crippen LogP contribution in [0.3, 0.4) is 0 Å². The van der Waals surface area contributed by atoms with Crippen molar-refractivity contribution in [2.24, 2.45) is 0 Å². The van der Waals surface area contributed by atoms with E-state index in [1.807, 2.05) is 0 Å². The molecule has 0 heterocycles. The molecule has 0 amide bonds. The number of benzene rings is 2. The Hall–Kier alpha value is -2.34. The van der Waals surface area contributed by atoms with Gasteiger partial charge in [0.15, 0.2) is 0 Å². The van der Waals surface area contributed by atoms with Crippen LogP contribution in [0.15, 0.2) is 54.6 Å². The number of methoxy groups -OCH3 is 1. The number of rotatable bonds is 7. The smallest absolute Gasteiger partial charge is 0.409 e. The zero-order valence-corrected chi connectivity index (χ0v) is 15.7. The summed E-state index contributed by atoms with van der Waals surface area (Å²) < 4.78 is 27.2. The van der Waals surface area contributed by atoms with Crippen molar-refractivity contribution in [2.75, 3.05) is 7.11 Å². The van der Waals surface area contributed by atoms with Gasteiger partial charge in [0.2, 0.25) is 0 Å². The van der Waals surface area contributed by atoms with Gasteiger partial charge in [-0.05, 0) is 43.3 Å². The van der Waals surface area contributed by atoms with E-state index in [0.29, 0.717) is 5.75 Å². The van der Waals surface area contributed by atoms with Gasteiger partial charge in [-0.15, -0.1) is 0 Å². The van der Waals surface area contributed by atoms with E-state index in [9.17, 15) is 14.2 Å². The average molecular weight is 398 g/mol. The molecule has 0 saturated heterocycles. The quantitative estimate of drug-likeness (QED) is 0.432. The van der Waals surface area contributed by atoms with E-state index in [2.05, 4.69) is 5.09 Å². The molecule has 0 aromatic heterocycles. The summed E-state index contributed by atoms with van der Waals surface area (Å²) in [4.78, 5) is 23.8. The topological polar surface area (TPSA) is 90.9 Å².